The number of hydrogen-bond donors (Lipinski definition) is 1. The number of rotatable bonds is 7. The third-order valence-electron chi connectivity index (χ3n) is 8.62. The van der Waals surface area contributed by atoms with E-state index in [0.717, 1.165) is 24.0 Å². The summed E-state index contributed by atoms with van der Waals surface area (Å²) >= 11 is 0. The van der Waals surface area contributed by atoms with Crippen LogP contribution in [0.25, 0.3) is 11.1 Å². The topological polar surface area (TPSA) is 82.8 Å². The molecule has 7 heteroatoms. The monoisotopic (exact) mass is 541 g/mol. The number of aliphatic hydroxyl groups is 1. The summed E-state index contributed by atoms with van der Waals surface area (Å²) in [7, 11) is 0. The predicted octanol–water partition coefficient (Wildman–Crippen LogP) is 4.69. The second-order valence-electron chi connectivity index (χ2n) is 11.5. The molecule has 0 spiro atoms. The molecule has 5 rings (SSSR count). The van der Waals surface area contributed by atoms with Crippen molar-refractivity contribution < 1.29 is 14.7 Å². The van der Waals surface area contributed by atoms with Crippen molar-refractivity contribution in [3.05, 3.63) is 94.4 Å². The van der Waals surface area contributed by atoms with Gasteiger partial charge in [-0.15, -0.1) is 0 Å². The van der Waals surface area contributed by atoms with Gasteiger partial charge in [0.2, 0.25) is 5.91 Å². The molecule has 1 N–H and O–H groups in total. The van der Waals surface area contributed by atoms with Gasteiger partial charge in [-0.2, -0.15) is 0 Å². The number of piperidine rings is 1. The number of hydrogen-bond acceptors (Lipinski definition) is 4. The number of carbonyl (C=O) groups excluding carboxylic acids is 2. The van der Waals surface area contributed by atoms with Crippen LogP contribution in [0.4, 0.5) is 0 Å². The molecule has 7 nitrogen and oxygen atoms in total. The Morgan fingerprint density at radius 2 is 1.65 bits per heavy atom. The average Bonchev–Trinajstić information content (AvgIpc) is 3.40. The summed E-state index contributed by atoms with van der Waals surface area (Å²) in [5.41, 5.74) is 1.65. The minimum Gasteiger partial charge on any atom is -0.388 e. The maximum Gasteiger partial charge on any atom is 0.256 e. The van der Waals surface area contributed by atoms with Crippen molar-refractivity contribution in [2.45, 2.75) is 70.1 Å². The molecule has 2 aliphatic rings. The molecule has 40 heavy (non-hydrogen) atoms. The molecule has 0 radical (unpaired) electrons. The highest BCUT2D eigenvalue weighted by Gasteiger charge is 2.35. The summed E-state index contributed by atoms with van der Waals surface area (Å²) < 4.78 is 1.48. The van der Waals surface area contributed by atoms with E-state index in [9.17, 15) is 19.5 Å². The fourth-order valence-corrected chi connectivity index (χ4v) is 6.05. The van der Waals surface area contributed by atoms with E-state index in [0.29, 0.717) is 50.0 Å². The third-order valence-corrected chi connectivity index (χ3v) is 8.62. The molecule has 0 saturated carbocycles. The molecule has 3 aromatic rings. The molecule has 2 atom stereocenters. The first kappa shape index (κ1) is 27.8. The van der Waals surface area contributed by atoms with Gasteiger partial charge in [-0.05, 0) is 49.7 Å². The molecule has 2 aromatic carbocycles. The zero-order chi connectivity index (χ0) is 28.3. The molecule has 0 aliphatic carbocycles. The molecular formula is C33H39N3O4. The molecule has 1 unspecified atom stereocenters. The van der Waals surface area contributed by atoms with Gasteiger partial charge >= 0.3 is 0 Å². The van der Waals surface area contributed by atoms with Crippen LogP contribution in [0.5, 0.6) is 0 Å². The number of amides is 2. The summed E-state index contributed by atoms with van der Waals surface area (Å²) in [5.74, 6) is 0.110. The van der Waals surface area contributed by atoms with E-state index in [1.54, 1.807) is 6.20 Å². The maximum absolute atomic E-state index is 13.7. The molecule has 2 saturated heterocycles. The lowest BCUT2D eigenvalue weighted by Gasteiger charge is -2.39. The van der Waals surface area contributed by atoms with Crippen LogP contribution in [0.1, 0.15) is 67.8 Å². The fraction of sp³-hybridized carbons (Fsp3) is 0.424. The molecule has 0 bridgehead atoms. The molecule has 2 fully saturated rings. The average molecular weight is 542 g/mol. The van der Waals surface area contributed by atoms with E-state index in [1.165, 1.54) is 10.6 Å². The minimum absolute atomic E-state index is 0.0791. The van der Waals surface area contributed by atoms with Crippen molar-refractivity contribution >= 4 is 11.8 Å². The Kier molecular flexibility index (Phi) is 8.22. The number of nitrogens with zero attached hydrogens (tertiary/aromatic N) is 3. The lowest BCUT2D eigenvalue weighted by Crippen LogP contribution is -2.49. The lowest BCUT2D eigenvalue weighted by atomic mass is 9.90. The van der Waals surface area contributed by atoms with Gasteiger partial charge in [-0.3, -0.25) is 14.4 Å². The van der Waals surface area contributed by atoms with Gasteiger partial charge < -0.3 is 19.5 Å². The first-order chi connectivity index (χ1) is 19.2. The van der Waals surface area contributed by atoms with Gasteiger partial charge in [0.1, 0.15) is 0 Å². The second-order valence-corrected chi connectivity index (χ2v) is 11.5. The molecule has 210 valence electrons. The lowest BCUT2D eigenvalue weighted by molar-refractivity contribution is -0.136. The van der Waals surface area contributed by atoms with Crippen molar-refractivity contribution in [1.29, 1.82) is 0 Å². The van der Waals surface area contributed by atoms with Crippen molar-refractivity contribution in [1.82, 2.24) is 14.4 Å². The SMILES string of the molecule is CC(CC(=O)N1CCC(O)(Cn2cc(C(=O)N3CCC[C@@H]3C)c(-c3ccccc3)cc2=O)CC1)c1ccccc1. The van der Waals surface area contributed by atoms with Crippen molar-refractivity contribution in [3.63, 3.8) is 0 Å². The highest BCUT2D eigenvalue weighted by atomic mass is 16.3. The fourth-order valence-electron chi connectivity index (χ4n) is 6.05. The summed E-state index contributed by atoms with van der Waals surface area (Å²) in [6.07, 6.45) is 4.73. The van der Waals surface area contributed by atoms with E-state index < -0.39 is 5.60 Å². The van der Waals surface area contributed by atoms with Gasteiger partial charge in [0, 0.05) is 49.9 Å². The van der Waals surface area contributed by atoms with Gasteiger partial charge in [-0.1, -0.05) is 67.6 Å². The Bertz CT molecular complexity index is 1390. The molecule has 3 heterocycles. The van der Waals surface area contributed by atoms with E-state index in [-0.39, 0.29) is 35.9 Å². The predicted molar refractivity (Wildman–Crippen MR) is 156 cm³/mol. The zero-order valence-corrected chi connectivity index (χ0v) is 23.5. The smallest absolute Gasteiger partial charge is 0.256 e. The molecule has 2 aliphatic heterocycles. The van der Waals surface area contributed by atoms with Gasteiger partial charge in [0.05, 0.1) is 17.7 Å². The van der Waals surface area contributed by atoms with Gasteiger partial charge in [0.15, 0.2) is 0 Å². The summed E-state index contributed by atoms with van der Waals surface area (Å²) in [6, 6.07) is 21.2. The summed E-state index contributed by atoms with van der Waals surface area (Å²) in [6.45, 7) is 5.76. The van der Waals surface area contributed by atoms with Crippen LogP contribution in [0, 0.1) is 0 Å². The summed E-state index contributed by atoms with van der Waals surface area (Å²) in [4.78, 5) is 43.7. The Hall–Kier alpha value is -3.71. The number of carbonyl (C=O) groups is 2. The Labute approximate surface area is 236 Å². The number of pyridine rings is 1. The standard InChI is InChI=1S/C33H39N3O4/c1-24(26-11-5-3-6-12-26)20-30(37)34-18-15-33(40,16-19-34)23-35-22-29(32(39)36-17-9-10-25(36)2)28(21-31(35)38)27-13-7-4-8-14-27/h3-8,11-14,21-22,24-25,40H,9-10,15-20,23H2,1-2H3/t24?,25-/m0/s1. The van der Waals surface area contributed by atoms with Crippen molar-refractivity contribution in [3.8, 4) is 11.1 Å². The third kappa shape index (κ3) is 6.04. The normalized spacial score (nSPS) is 19.4. The first-order valence-corrected chi connectivity index (χ1v) is 14.4. The van der Waals surface area contributed by atoms with Crippen LogP contribution < -0.4 is 5.56 Å². The quantitative estimate of drug-likeness (QED) is 0.471. The van der Waals surface area contributed by atoms with Crippen LogP contribution in [0.3, 0.4) is 0 Å². The van der Waals surface area contributed by atoms with Crippen LogP contribution in [0.15, 0.2) is 77.7 Å². The van der Waals surface area contributed by atoms with E-state index in [1.807, 2.05) is 70.5 Å². The largest absolute Gasteiger partial charge is 0.388 e. The maximum atomic E-state index is 13.7. The van der Waals surface area contributed by atoms with Crippen LogP contribution in [-0.4, -0.2) is 62.6 Å². The van der Waals surface area contributed by atoms with Gasteiger partial charge in [0.25, 0.3) is 11.5 Å². The van der Waals surface area contributed by atoms with Crippen molar-refractivity contribution in [2.75, 3.05) is 19.6 Å². The number of likely N-dealkylation sites (tertiary alicyclic amines) is 2. The highest BCUT2D eigenvalue weighted by molar-refractivity contribution is 6.00. The molecule has 2 amide bonds. The Morgan fingerprint density at radius 1 is 1.00 bits per heavy atom. The van der Waals surface area contributed by atoms with Crippen LogP contribution in [-0.2, 0) is 11.3 Å². The first-order valence-electron chi connectivity index (χ1n) is 14.4. The molecule has 1 aromatic heterocycles. The second kappa shape index (κ2) is 11.8. The Balaban J connectivity index is 1.32. The number of aromatic nitrogens is 1. The Morgan fingerprint density at radius 3 is 2.27 bits per heavy atom. The molecular weight excluding hydrogens is 502 g/mol. The zero-order valence-electron chi connectivity index (χ0n) is 23.5. The number of benzene rings is 2. The van der Waals surface area contributed by atoms with Crippen molar-refractivity contribution in [2.24, 2.45) is 0 Å². The van der Waals surface area contributed by atoms with Gasteiger partial charge in [-0.25, -0.2) is 0 Å². The van der Waals surface area contributed by atoms with E-state index in [2.05, 4.69) is 13.8 Å². The van der Waals surface area contributed by atoms with E-state index in [4.69, 9.17) is 0 Å². The van der Waals surface area contributed by atoms with E-state index >= 15 is 0 Å². The minimum atomic E-state index is -1.14. The highest BCUT2D eigenvalue weighted by Crippen LogP contribution is 2.29. The van der Waals surface area contributed by atoms with Crippen LogP contribution in [0.2, 0.25) is 0 Å². The van der Waals surface area contributed by atoms with Crippen LogP contribution >= 0.6 is 0 Å². The summed E-state index contributed by atoms with van der Waals surface area (Å²) in [5, 5.41) is 11.5.